The lowest BCUT2D eigenvalue weighted by atomic mass is 9.75. The fourth-order valence-corrected chi connectivity index (χ4v) is 8.04. The van der Waals surface area contributed by atoms with Crippen LogP contribution in [0.15, 0.2) is 12.1 Å². The van der Waals surface area contributed by atoms with Crippen LogP contribution in [0.5, 0.6) is 0 Å². The van der Waals surface area contributed by atoms with E-state index in [1.54, 1.807) is 0 Å². The average Bonchev–Trinajstić information content (AvgIpc) is 2.64. The highest BCUT2D eigenvalue weighted by Crippen LogP contribution is 2.39. The monoisotopic (exact) mass is 443 g/mol. The van der Waals surface area contributed by atoms with Gasteiger partial charge in [0.25, 0.3) is 0 Å². The van der Waals surface area contributed by atoms with Gasteiger partial charge in [-0.25, -0.2) is 0 Å². The van der Waals surface area contributed by atoms with Crippen molar-refractivity contribution in [2.45, 2.75) is 97.5 Å². The number of nitrogens with one attached hydrogen (secondary N) is 1. The van der Waals surface area contributed by atoms with Crippen LogP contribution >= 0.6 is 23.2 Å². The quantitative estimate of drug-likeness (QED) is 0.391. The molecule has 1 N–H and O–H groups in total. The van der Waals surface area contributed by atoms with Gasteiger partial charge in [-0.05, 0) is 73.9 Å². The first-order valence-electron chi connectivity index (χ1n) is 11.0. The van der Waals surface area contributed by atoms with Gasteiger partial charge >= 0.3 is 0 Å². The van der Waals surface area contributed by atoms with Crippen LogP contribution in [-0.2, 0) is 4.43 Å². The highest BCUT2D eigenvalue weighted by molar-refractivity contribution is 6.73. The minimum Gasteiger partial charge on any atom is -0.409 e. The van der Waals surface area contributed by atoms with Crippen LogP contribution in [0.3, 0.4) is 0 Å². The lowest BCUT2D eigenvalue weighted by Gasteiger charge is -2.37. The SMILES string of the molecule is CC[Si](CC)(CC)OC(CNC1CCC(C)(C)CC1)c1c(Cl)cc(C)cc1Cl. The maximum Gasteiger partial charge on any atom is 0.192 e. The van der Waals surface area contributed by atoms with E-state index in [0.717, 1.165) is 45.8 Å². The van der Waals surface area contributed by atoms with E-state index in [4.69, 9.17) is 27.6 Å². The number of hydrogen-bond acceptors (Lipinski definition) is 2. The molecule has 2 nitrogen and oxygen atoms in total. The molecular weight excluding hydrogens is 405 g/mol. The molecule has 0 heterocycles. The molecule has 1 aromatic carbocycles. The molecule has 0 spiro atoms. The van der Waals surface area contributed by atoms with Crippen LogP contribution in [0, 0.1) is 12.3 Å². The summed E-state index contributed by atoms with van der Waals surface area (Å²) in [7, 11) is -1.79. The highest BCUT2D eigenvalue weighted by atomic mass is 35.5. The van der Waals surface area contributed by atoms with Gasteiger partial charge in [-0.2, -0.15) is 0 Å². The Bertz CT molecular complexity index is 604. The van der Waals surface area contributed by atoms with Crippen molar-refractivity contribution in [3.63, 3.8) is 0 Å². The first kappa shape index (κ1) is 24.2. The minimum atomic E-state index is -1.79. The van der Waals surface area contributed by atoms with Crippen molar-refractivity contribution in [3.8, 4) is 0 Å². The molecule has 1 unspecified atom stereocenters. The van der Waals surface area contributed by atoms with Gasteiger partial charge in [0, 0.05) is 28.2 Å². The predicted molar refractivity (Wildman–Crippen MR) is 126 cm³/mol. The average molecular weight is 445 g/mol. The molecular formula is C23H39Cl2NOSi. The molecule has 0 aromatic heterocycles. The van der Waals surface area contributed by atoms with Crippen molar-refractivity contribution in [1.82, 2.24) is 5.32 Å². The molecule has 28 heavy (non-hydrogen) atoms. The Balaban J connectivity index is 2.22. The molecule has 0 radical (unpaired) electrons. The zero-order valence-corrected chi connectivity index (χ0v) is 21.1. The molecule has 160 valence electrons. The van der Waals surface area contributed by atoms with Crippen LogP contribution < -0.4 is 5.32 Å². The largest absolute Gasteiger partial charge is 0.409 e. The second-order valence-electron chi connectivity index (χ2n) is 9.34. The van der Waals surface area contributed by atoms with Crippen molar-refractivity contribution in [1.29, 1.82) is 0 Å². The fraction of sp³-hybridized carbons (Fsp3) is 0.739. The second-order valence-corrected chi connectivity index (χ2v) is 14.9. The summed E-state index contributed by atoms with van der Waals surface area (Å²) in [6, 6.07) is 7.94. The van der Waals surface area contributed by atoms with Crippen LogP contribution in [0.2, 0.25) is 28.2 Å². The third-order valence-electron chi connectivity index (χ3n) is 6.80. The summed E-state index contributed by atoms with van der Waals surface area (Å²) in [5, 5.41) is 5.26. The maximum absolute atomic E-state index is 6.91. The lowest BCUT2D eigenvalue weighted by Crippen LogP contribution is -2.43. The van der Waals surface area contributed by atoms with Gasteiger partial charge in [0.2, 0.25) is 0 Å². The van der Waals surface area contributed by atoms with Crippen LogP contribution in [0.1, 0.15) is 77.5 Å². The maximum atomic E-state index is 6.91. The Kier molecular flexibility index (Phi) is 8.91. The first-order chi connectivity index (χ1) is 13.1. The number of benzene rings is 1. The van der Waals surface area contributed by atoms with Crippen LogP contribution in [0.4, 0.5) is 0 Å². The van der Waals surface area contributed by atoms with Crippen molar-refractivity contribution < 1.29 is 4.43 Å². The normalized spacial score (nSPS) is 19.0. The summed E-state index contributed by atoms with van der Waals surface area (Å²) in [5.74, 6) is 0. The Hall–Kier alpha value is -0.0631. The molecule has 1 aliphatic carbocycles. The summed E-state index contributed by atoms with van der Waals surface area (Å²) in [4.78, 5) is 0. The zero-order valence-electron chi connectivity index (χ0n) is 18.6. The molecule has 1 fully saturated rings. The van der Waals surface area contributed by atoms with Gasteiger partial charge in [-0.3, -0.25) is 0 Å². The van der Waals surface area contributed by atoms with Crippen LogP contribution in [-0.4, -0.2) is 20.9 Å². The molecule has 5 heteroatoms. The van der Waals surface area contributed by atoms with E-state index in [1.807, 2.05) is 19.1 Å². The summed E-state index contributed by atoms with van der Waals surface area (Å²) < 4.78 is 6.91. The van der Waals surface area contributed by atoms with Crippen molar-refractivity contribution in [2.75, 3.05) is 6.54 Å². The molecule has 1 atom stereocenters. The third kappa shape index (κ3) is 6.22. The summed E-state index contributed by atoms with van der Waals surface area (Å²) in [6.07, 6.45) is 4.93. The molecule has 0 saturated heterocycles. The van der Waals surface area contributed by atoms with E-state index in [2.05, 4.69) is 39.9 Å². The highest BCUT2D eigenvalue weighted by Gasteiger charge is 2.35. The fourth-order valence-electron chi connectivity index (χ4n) is 4.40. The Labute approximate surface area is 183 Å². The van der Waals surface area contributed by atoms with Gasteiger partial charge < -0.3 is 9.74 Å². The smallest absolute Gasteiger partial charge is 0.192 e. The van der Waals surface area contributed by atoms with Crippen molar-refractivity contribution in [3.05, 3.63) is 33.3 Å². The number of rotatable bonds is 9. The van der Waals surface area contributed by atoms with Crippen molar-refractivity contribution in [2.24, 2.45) is 5.41 Å². The van der Waals surface area contributed by atoms with E-state index in [1.165, 1.54) is 25.7 Å². The van der Waals surface area contributed by atoms with Gasteiger partial charge in [-0.15, -0.1) is 0 Å². The Morgan fingerprint density at radius 2 is 1.57 bits per heavy atom. The zero-order chi connectivity index (χ0) is 20.9. The number of halogens is 2. The number of hydrogen-bond donors (Lipinski definition) is 1. The predicted octanol–water partition coefficient (Wildman–Crippen LogP) is 7.92. The molecule has 0 aliphatic heterocycles. The second kappa shape index (κ2) is 10.3. The summed E-state index contributed by atoms with van der Waals surface area (Å²) in [5.41, 5.74) is 2.53. The van der Waals surface area contributed by atoms with E-state index in [0.29, 0.717) is 11.5 Å². The molecule has 0 amide bonds. The van der Waals surface area contributed by atoms with Gasteiger partial charge in [0.15, 0.2) is 8.32 Å². The van der Waals surface area contributed by atoms with E-state index in [9.17, 15) is 0 Å². The third-order valence-corrected chi connectivity index (χ3v) is 12.1. The molecule has 1 saturated carbocycles. The first-order valence-corrected chi connectivity index (χ1v) is 14.3. The van der Waals surface area contributed by atoms with E-state index in [-0.39, 0.29) is 6.10 Å². The van der Waals surface area contributed by atoms with Gasteiger partial charge in [0.1, 0.15) is 0 Å². The van der Waals surface area contributed by atoms with E-state index >= 15 is 0 Å². The summed E-state index contributed by atoms with van der Waals surface area (Å²) >= 11 is 13.3. The molecule has 2 rings (SSSR count). The molecule has 1 aliphatic rings. The standard InChI is InChI=1S/C23H39Cl2NOSi/c1-7-28(8-2,9-3)27-21(22-19(24)14-17(4)15-20(22)25)16-26-18-10-12-23(5,6)13-11-18/h14-15,18,21,26H,7-13,16H2,1-6H3. The van der Waals surface area contributed by atoms with E-state index < -0.39 is 8.32 Å². The Morgan fingerprint density at radius 1 is 1.07 bits per heavy atom. The topological polar surface area (TPSA) is 21.3 Å². The summed E-state index contributed by atoms with van der Waals surface area (Å²) in [6.45, 7) is 14.4. The lowest BCUT2D eigenvalue weighted by molar-refractivity contribution is 0.160. The van der Waals surface area contributed by atoms with Crippen LogP contribution in [0.25, 0.3) is 0 Å². The van der Waals surface area contributed by atoms with Gasteiger partial charge in [-0.1, -0.05) is 57.8 Å². The molecule has 0 bridgehead atoms. The Morgan fingerprint density at radius 3 is 2.04 bits per heavy atom. The van der Waals surface area contributed by atoms with Crippen molar-refractivity contribution >= 4 is 31.5 Å². The minimum absolute atomic E-state index is 0.0814. The van der Waals surface area contributed by atoms with Gasteiger partial charge in [0.05, 0.1) is 6.10 Å². The molecule has 1 aromatic rings. The number of aryl methyl sites for hydroxylation is 1.